The maximum absolute atomic E-state index is 8.94. The summed E-state index contributed by atoms with van der Waals surface area (Å²) in [6, 6.07) is 7.87. The van der Waals surface area contributed by atoms with Gasteiger partial charge in [0, 0.05) is 23.8 Å². The highest BCUT2D eigenvalue weighted by molar-refractivity contribution is 5.75. The van der Waals surface area contributed by atoms with Crippen molar-refractivity contribution in [1.82, 2.24) is 14.8 Å². The number of aliphatic hydroxyl groups excluding tert-OH is 1. The van der Waals surface area contributed by atoms with Crippen LogP contribution in [0.15, 0.2) is 36.7 Å². The van der Waals surface area contributed by atoms with Crippen molar-refractivity contribution in [2.24, 2.45) is 0 Å². The lowest BCUT2D eigenvalue weighted by Gasteiger charge is -2.12. The number of hydrogen-bond acceptors (Lipinski definition) is 5. The van der Waals surface area contributed by atoms with Crippen molar-refractivity contribution < 1.29 is 14.6 Å². The van der Waals surface area contributed by atoms with Crippen LogP contribution in [0.3, 0.4) is 0 Å². The van der Waals surface area contributed by atoms with Crippen LogP contribution in [-0.4, -0.2) is 40.7 Å². The number of pyridine rings is 1. The van der Waals surface area contributed by atoms with Crippen molar-refractivity contribution in [2.75, 3.05) is 20.8 Å². The number of benzene rings is 1. The van der Waals surface area contributed by atoms with Crippen LogP contribution in [0.25, 0.3) is 11.0 Å². The minimum Gasteiger partial charge on any atom is -0.493 e. The molecule has 1 N–H and O–H groups in total. The SMILES string of the molecule is COc1cccc(Cn2ncc3cc(CCCO)cnc32)c1OC. The van der Waals surface area contributed by atoms with E-state index >= 15 is 0 Å². The first-order chi connectivity index (χ1) is 11.8. The molecule has 1 aromatic carbocycles. The molecule has 24 heavy (non-hydrogen) atoms. The zero-order chi connectivity index (χ0) is 16.9. The number of aliphatic hydroxyl groups is 1. The lowest BCUT2D eigenvalue weighted by molar-refractivity contribution is 0.288. The molecule has 0 amide bonds. The van der Waals surface area contributed by atoms with Crippen LogP contribution in [0.4, 0.5) is 0 Å². The van der Waals surface area contributed by atoms with Crippen molar-refractivity contribution in [3.05, 3.63) is 47.8 Å². The van der Waals surface area contributed by atoms with E-state index in [1.807, 2.05) is 35.3 Å². The van der Waals surface area contributed by atoms with Gasteiger partial charge in [-0.1, -0.05) is 12.1 Å². The third kappa shape index (κ3) is 3.19. The van der Waals surface area contributed by atoms with Gasteiger partial charge in [0.2, 0.25) is 0 Å². The van der Waals surface area contributed by atoms with Gasteiger partial charge in [-0.15, -0.1) is 0 Å². The average molecular weight is 327 g/mol. The number of fused-ring (bicyclic) bond motifs is 1. The van der Waals surface area contributed by atoms with Crippen molar-refractivity contribution in [3.63, 3.8) is 0 Å². The monoisotopic (exact) mass is 327 g/mol. The van der Waals surface area contributed by atoms with E-state index in [2.05, 4.69) is 16.1 Å². The molecule has 0 unspecified atom stereocenters. The fraction of sp³-hybridized carbons (Fsp3) is 0.333. The van der Waals surface area contributed by atoms with Crippen molar-refractivity contribution in [1.29, 1.82) is 0 Å². The van der Waals surface area contributed by atoms with Gasteiger partial charge in [0.1, 0.15) is 0 Å². The average Bonchev–Trinajstić information content (AvgIpc) is 3.01. The second-order valence-corrected chi connectivity index (χ2v) is 5.54. The summed E-state index contributed by atoms with van der Waals surface area (Å²) in [6.07, 6.45) is 5.22. The van der Waals surface area contributed by atoms with Crippen LogP contribution >= 0.6 is 0 Å². The van der Waals surface area contributed by atoms with Gasteiger partial charge in [-0.2, -0.15) is 5.10 Å². The summed E-state index contributed by atoms with van der Waals surface area (Å²) < 4.78 is 12.7. The van der Waals surface area contributed by atoms with E-state index in [0.717, 1.165) is 35.0 Å². The summed E-state index contributed by atoms with van der Waals surface area (Å²) in [5, 5.41) is 14.4. The largest absolute Gasteiger partial charge is 0.493 e. The molecule has 6 heteroatoms. The van der Waals surface area contributed by atoms with Gasteiger partial charge in [0.15, 0.2) is 17.1 Å². The molecular formula is C18H21N3O3. The maximum atomic E-state index is 8.94. The minimum atomic E-state index is 0.187. The number of ether oxygens (including phenoxy) is 2. The second-order valence-electron chi connectivity index (χ2n) is 5.54. The molecule has 3 rings (SSSR count). The van der Waals surface area contributed by atoms with E-state index < -0.39 is 0 Å². The molecule has 0 aliphatic rings. The summed E-state index contributed by atoms with van der Waals surface area (Å²) in [6.45, 7) is 0.736. The summed E-state index contributed by atoms with van der Waals surface area (Å²) in [4.78, 5) is 4.54. The summed E-state index contributed by atoms with van der Waals surface area (Å²) >= 11 is 0. The molecule has 126 valence electrons. The molecular weight excluding hydrogens is 306 g/mol. The molecule has 2 aromatic heterocycles. The van der Waals surface area contributed by atoms with Gasteiger partial charge in [0.05, 0.1) is 27.0 Å². The fourth-order valence-corrected chi connectivity index (χ4v) is 2.79. The standard InChI is InChI=1S/C18H21N3O3/c1-23-16-7-3-6-14(17(16)24-2)12-21-18-15(11-20-21)9-13(10-19-18)5-4-8-22/h3,6-7,9-11,22H,4-5,8,12H2,1-2H3. The normalized spacial score (nSPS) is 11.0. The molecule has 6 nitrogen and oxygen atoms in total. The highest BCUT2D eigenvalue weighted by Crippen LogP contribution is 2.31. The van der Waals surface area contributed by atoms with Crippen LogP contribution < -0.4 is 9.47 Å². The third-order valence-corrected chi connectivity index (χ3v) is 3.96. The Bertz CT molecular complexity index is 829. The molecule has 0 bridgehead atoms. The number of rotatable bonds is 7. The Morgan fingerprint density at radius 1 is 1.17 bits per heavy atom. The van der Waals surface area contributed by atoms with E-state index in [4.69, 9.17) is 14.6 Å². The summed E-state index contributed by atoms with van der Waals surface area (Å²) in [5.41, 5.74) is 2.91. The molecule has 0 atom stereocenters. The molecule has 0 saturated carbocycles. The smallest absolute Gasteiger partial charge is 0.165 e. The molecule has 3 aromatic rings. The van der Waals surface area contributed by atoms with E-state index in [1.165, 1.54) is 0 Å². The van der Waals surface area contributed by atoms with Crippen LogP contribution in [-0.2, 0) is 13.0 Å². The van der Waals surface area contributed by atoms with Crippen LogP contribution in [0, 0.1) is 0 Å². The van der Waals surface area contributed by atoms with Crippen molar-refractivity contribution in [2.45, 2.75) is 19.4 Å². The molecule has 0 fully saturated rings. The van der Waals surface area contributed by atoms with Crippen LogP contribution in [0.2, 0.25) is 0 Å². The third-order valence-electron chi connectivity index (χ3n) is 3.96. The van der Waals surface area contributed by atoms with E-state index in [0.29, 0.717) is 18.0 Å². The summed E-state index contributed by atoms with van der Waals surface area (Å²) in [7, 11) is 3.26. The molecule has 0 aliphatic heterocycles. The van der Waals surface area contributed by atoms with Gasteiger partial charge < -0.3 is 14.6 Å². The molecule has 0 aliphatic carbocycles. The lowest BCUT2D eigenvalue weighted by atomic mass is 10.1. The van der Waals surface area contributed by atoms with E-state index in [-0.39, 0.29) is 6.61 Å². The minimum absolute atomic E-state index is 0.187. The van der Waals surface area contributed by atoms with Crippen molar-refractivity contribution >= 4 is 11.0 Å². The summed E-state index contributed by atoms with van der Waals surface area (Å²) in [5.74, 6) is 1.41. The Kier molecular flexibility index (Phi) is 4.96. The Balaban J connectivity index is 1.91. The van der Waals surface area contributed by atoms with E-state index in [1.54, 1.807) is 14.2 Å². The lowest BCUT2D eigenvalue weighted by Crippen LogP contribution is -2.05. The first-order valence-electron chi connectivity index (χ1n) is 7.88. The predicted molar refractivity (Wildman–Crippen MR) is 91.6 cm³/mol. The zero-order valence-corrected chi connectivity index (χ0v) is 13.9. The van der Waals surface area contributed by atoms with Gasteiger partial charge in [0.25, 0.3) is 0 Å². The van der Waals surface area contributed by atoms with Gasteiger partial charge in [-0.3, -0.25) is 0 Å². The van der Waals surface area contributed by atoms with Gasteiger partial charge in [-0.25, -0.2) is 9.67 Å². The highest BCUT2D eigenvalue weighted by atomic mass is 16.5. The number of methoxy groups -OCH3 is 2. The number of aryl methyl sites for hydroxylation is 1. The Morgan fingerprint density at radius 3 is 2.79 bits per heavy atom. The Hall–Kier alpha value is -2.60. The highest BCUT2D eigenvalue weighted by Gasteiger charge is 2.12. The Labute approximate surface area is 140 Å². The number of nitrogens with zero attached hydrogens (tertiary/aromatic N) is 3. The van der Waals surface area contributed by atoms with Gasteiger partial charge >= 0.3 is 0 Å². The zero-order valence-electron chi connectivity index (χ0n) is 13.9. The first-order valence-corrected chi connectivity index (χ1v) is 7.88. The van der Waals surface area contributed by atoms with Crippen molar-refractivity contribution in [3.8, 4) is 11.5 Å². The van der Waals surface area contributed by atoms with Crippen LogP contribution in [0.5, 0.6) is 11.5 Å². The van der Waals surface area contributed by atoms with Crippen LogP contribution in [0.1, 0.15) is 17.5 Å². The predicted octanol–water partition coefficient (Wildman–Crippen LogP) is 2.42. The Morgan fingerprint density at radius 2 is 2.04 bits per heavy atom. The molecule has 0 saturated heterocycles. The first kappa shape index (κ1) is 16.3. The van der Waals surface area contributed by atoms with Gasteiger partial charge in [-0.05, 0) is 30.5 Å². The number of para-hydroxylation sites is 1. The fourth-order valence-electron chi connectivity index (χ4n) is 2.79. The quantitative estimate of drug-likeness (QED) is 0.722. The molecule has 2 heterocycles. The molecule has 0 radical (unpaired) electrons. The molecule has 0 spiro atoms. The topological polar surface area (TPSA) is 69.4 Å². The number of aromatic nitrogens is 3. The number of hydrogen-bond donors (Lipinski definition) is 1. The maximum Gasteiger partial charge on any atom is 0.165 e. The second kappa shape index (κ2) is 7.31. The van der Waals surface area contributed by atoms with E-state index in [9.17, 15) is 0 Å².